The number of aryl methyl sites for hydroxylation is 2. The van der Waals surface area contributed by atoms with E-state index in [2.05, 4.69) is 72.2 Å². The van der Waals surface area contributed by atoms with Crippen LogP contribution in [0.2, 0.25) is 0 Å². The summed E-state index contributed by atoms with van der Waals surface area (Å²) in [5.74, 6) is 0.867. The first kappa shape index (κ1) is 22.6. The Bertz CT molecular complexity index is 1140. The van der Waals surface area contributed by atoms with Crippen LogP contribution in [0.1, 0.15) is 81.8 Å². The molecule has 0 atom stereocenters. The van der Waals surface area contributed by atoms with Crippen LogP contribution in [0, 0.1) is 13.8 Å². The number of hydrogen-bond acceptors (Lipinski definition) is 5. The van der Waals surface area contributed by atoms with E-state index < -0.39 is 0 Å². The first-order chi connectivity index (χ1) is 15.3. The van der Waals surface area contributed by atoms with Gasteiger partial charge in [0.2, 0.25) is 0 Å². The first-order valence-electron chi connectivity index (χ1n) is 11.9. The highest BCUT2D eigenvalue weighted by atomic mass is 16.1. The Labute approximate surface area is 190 Å². The molecule has 3 aromatic rings. The van der Waals surface area contributed by atoms with E-state index in [0.29, 0.717) is 19.1 Å². The van der Waals surface area contributed by atoms with Gasteiger partial charge in [-0.3, -0.25) is 9.69 Å². The van der Waals surface area contributed by atoms with Gasteiger partial charge in [0.25, 0.3) is 5.56 Å². The van der Waals surface area contributed by atoms with Crippen LogP contribution in [0.25, 0.3) is 10.9 Å². The lowest BCUT2D eigenvalue weighted by atomic mass is 9.93. The first-order valence-corrected chi connectivity index (χ1v) is 11.9. The molecule has 0 bridgehead atoms. The Morgan fingerprint density at radius 3 is 2.59 bits per heavy atom. The highest BCUT2D eigenvalue weighted by Crippen LogP contribution is 2.27. The molecule has 1 aliphatic rings. The van der Waals surface area contributed by atoms with E-state index in [1.165, 1.54) is 24.8 Å². The lowest BCUT2D eigenvalue weighted by molar-refractivity contribution is 0.129. The number of aromatic amines is 1. The number of hydrogen-bond donors (Lipinski definition) is 1. The van der Waals surface area contributed by atoms with Crippen LogP contribution in [0.4, 0.5) is 0 Å². The van der Waals surface area contributed by atoms with Gasteiger partial charge in [0.15, 0.2) is 5.82 Å². The van der Waals surface area contributed by atoms with Gasteiger partial charge in [0.1, 0.15) is 0 Å². The molecule has 1 fully saturated rings. The molecule has 1 N–H and O–H groups in total. The quantitative estimate of drug-likeness (QED) is 0.585. The SMILES string of the molecule is CCC(C)(C)n1nnnc1CN(Cc1cc2c(C)cc(C)cc2[nH]c1=O)C1CCCCC1. The number of H-pyrrole nitrogens is 1. The van der Waals surface area contributed by atoms with E-state index >= 15 is 0 Å². The molecule has 0 amide bonds. The monoisotopic (exact) mass is 436 g/mol. The average Bonchev–Trinajstić information content (AvgIpc) is 3.24. The molecule has 1 aromatic carbocycles. The number of rotatable bonds is 7. The number of fused-ring (bicyclic) bond motifs is 1. The molecule has 0 aliphatic heterocycles. The van der Waals surface area contributed by atoms with Crippen LogP contribution in [0.5, 0.6) is 0 Å². The normalized spacial score (nSPS) is 15.7. The van der Waals surface area contributed by atoms with E-state index in [1.54, 1.807) is 0 Å². The second-order valence-corrected chi connectivity index (χ2v) is 10.0. The summed E-state index contributed by atoms with van der Waals surface area (Å²) in [5.41, 5.74) is 3.92. The van der Waals surface area contributed by atoms with Crippen LogP contribution in [0.15, 0.2) is 23.0 Å². The van der Waals surface area contributed by atoms with Gasteiger partial charge in [-0.2, -0.15) is 0 Å². The van der Waals surface area contributed by atoms with Gasteiger partial charge >= 0.3 is 0 Å². The van der Waals surface area contributed by atoms with Crippen molar-refractivity contribution in [2.45, 2.75) is 97.8 Å². The molecular formula is C25H36N6O. The molecule has 4 rings (SSSR count). The molecule has 172 valence electrons. The van der Waals surface area contributed by atoms with Crippen molar-refractivity contribution in [1.29, 1.82) is 0 Å². The Hall–Kier alpha value is -2.54. The van der Waals surface area contributed by atoms with Crippen LogP contribution in [-0.4, -0.2) is 36.1 Å². The third-order valence-electron chi connectivity index (χ3n) is 7.17. The maximum absolute atomic E-state index is 13.0. The maximum Gasteiger partial charge on any atom is 0.252 e. The lowest BCUT2D eigenvalue weighted by Crippen LogP contribution is -2.39. The fourth-order valence-electron chi connectivity index (χ4n) is 4.92. The van der Waals surface area contributed by atoms with Crippen molar-refractivity contribution >= 4 is 10.9 Å². The molecular weight excluding hydrogens is 400 g/mol. The van der Waals surface area contributed by atoms with Crippen LogP contribution < -0.4 is 5.56 Å². The van der Waals surface area contributed by atoms with E-state index in [4.69, 9.17) is 0 Å². The molecule has 0 saturated heterocycles. The van der Waals surface area contributed by atoms with Gasteiger partial charge in [0.05, 0.1) is 12.1 Å². The fraction of sp³-hybridized carbons (Fsp3) is 0.600. The zero-order valence-corrected chi connectivity index (χ0v) is 20.1. The maximum atomic E-state index is 13.0. The average molecular weight is 437 g/mol. The molecule has 0 spiro atoms. The summed E-state index contributed by atoms with van der Waals surface area (Å²) in [6.45, 7) is 11.9. The number of nitrogens with one attached hydrogen (secondary N) is 1. The Balaban J connectivity index is 1.69. The lowest BCUT2D eigenvalue weighted by Gasteiger charge is -2.34. The van der Waals surface area contributed by atoms with Crippen molar-refractivity contribution in [3.63, 3.8) is 0 Å². The second kappa shape index (κ2) is 9.14. The van der Waals surface area contributed by atoms with Gasteiger partial charge in [-0.15, -0.1) is 5.10 Å². The Kier molecular flexibility index (Phi) is 6.47. The van der Waals surface area contributed by atoms with E-state index in [-0.39, 0.29) is 11.1 Å². The zero-order chi connectivity index (χ0) is 22.9. The smallest absolute Gasteiger partial charge is 0.252 e. The van der Waals surface area contributed by atoms with Crippen LogP contribution in [0.3, 0.4) is 0 Å². The predicted octanol–water partition coefficient (Wildman–Crippen LogP) is 4.61. The van der Waals surface area contributed by atoms with Gasteiger partial charge in [-0.05, 0) is 80.6 Å². The van der Waals surface area contributed by atoms with E-state index in [1.807, 2.05) is 10.7 Å². The van der Waals surface area contributed by atoms with Crippen molar-refractivity contribution in [1.82, 2.24) is 30.1 Å². The van der Waals surface area contributed by atoms with Crippen molar-refractivity contribution in [3.8, 4) is 0 Å². The summed E-state index contributed by atoms with van der Waals surface area (Å²) >= 11 is 0. The number of pyridine rings is 1. The van der Waals surface area contributed by atoms with Gasteiger partial charge in [0, 0.05) is 29.1 Å². The van der Waals surface area contributed by atoms with Crippen molar-refractivity contribution in [2.24, 2.45) is 0 Å². The molecule has 0 unspecified atom stereocenters. The number of tetrazole rings is 1. The second-order valence-electron chi connectivity index (χ2n) is 10.0. The molecule has 1 saturated carbocycles. The highest BCUT2D eigenvalue weighted by Gasteiger charge is 2.28. The minimum absolute atomic E-state index is 0.00297. The van der Waals surface area contributed by atoms with Gasteiger partial charge in [-0.1, -0.05) is 32.3 Å². The summed E-state index contributed by atoms with van der Waals surface area (Å²) in [7, 11) is 0. The molecule has 7 nitrogen and oxygen atoms in total. The Morgan fingerprint density at radius 1 is 1.12 bits per heavy atom. The molecule has 0 radical (unpaired) electrons. The summed E-state index contributed by atoms with van der Waals surface area (Å²) in [6, 6.07) is 6.74. The zero-order valence-electron chi connectivity index (χ0n) is 20.1. The summed E-state index contributed by atoms with van der Waals surface area (Å²) in [6.07, 6.45) is 7.01. The minimum Gasteiger partial charge on any atom is -0.322 e. The van der Waals surface area contributed by atoms with Gasteiger partial charge in [-0.25, -0.2) is 4.68 Å². The summed E-state index contributed by atoms with van der Waals surface area (Å²) < 4.78 is 1.96. The van der Waals surface area contributed by atoms with Gasteiger partial charge < -0.3 is 4.98 Å². The van der Waals surface area contributed by atoms with E-state index in [0.717, 1.165) is 47.1 Å². The molecule has 1 aliphatic carbocycles. The van der Waals surface area contributed by atoms with Crippen molar-refractivity contribution < 1.29 is 0 Å². The number of benzene rings is 1. The van der Waals surface area contributed by atoms with E-state index in [9.17, 15) is 4.79 Å². The molecule has 32 heavy (non-hydrogen) atoms. The van der Waals surface area contributed by atoms with Crippen molar-refractivity contribution in [2.75, 3.05) is 0 Å². The third kappa shape index (κ3) is 4.63. The topological polar surface area (TPSA) is 79.7 Å². The molecule has 2 heterocycles. The predicted molar refractivity (Wildman–Crippen MR) is 128 cm³/mol. The Morgan fingerprint density at radius 2 is 1.88 bits per heavy atom. The highest BCUT2D eigenvalue weighted by molar-refractivity contribution is 5.83. The van der Waals surface area contributed by atoms with Crippen molar-refractivity contribution in [3.05, 3.63) is 51.1 Å². The molecule has 7 heteroatoms. The minimum atomic E-state index is -0.146. The number of nitrogens with zero attached hydrogens (tertiary/aromatic N) is 5. The molecule has 2 aromatic heterocycles. The fourth-order valence-corrected chi connectivity index (χ4v) is 4.92. The van der Waals surface area contributed by atoms with Crippen LogP contribution in [-0.2, 0) is 18.6 Å². The number of aromatic nitrogens is 5. The third-order valence-corrected chi connectivity index (χ3v) is 7.17. The standard InChI is InChI=1S/C25H36N6O/c1-6-25(4,5)31-23(27-28-29-31)16-30(20-10-8-7-9-11-20)15-19-14-21-18(3)12-17(2)13-22(21)26-24(19)32/h12-14,20H,6-11,15-16H2,1-5H3,(H,26,32). The van der Waals surface area contributed by atoms with Crippen LogP contribution >= 0.6 is 0 Å². The summed E-state index contributed by atoms with van der Waals surface area (Å²) in [5, 5.41) is 13.8. The largest absolute Gasteiger partial charge is 0.322 e. The summed E-state index contributed by atoms with van der Waals surface area (Å²) in [4.78, 5) is 18.6.